The van der Waals surface area contributed by atoms with E-state index in [9.17, 15) is 9.90 Å². The number of nitrogens with zero attached hydrogens (tertiary/aromatic N) is 1. The lowest BCUT2D eigenvalue weighted by Crippen LogP contribution is -2.30. The summed E-state index contributed by atoms with van der Waals surface area (Å²) >= 11 is 0. The van der Waals surface area contributed by atoms with Crippen LogP contribution in [0.15, 0.2) is 36.5 Å². The first kappa shape index (κ1) is 21.5. The number of Topliss-reactive ketones (excluding diaryl/α,β-unsaturated/α-hetero) is 1. The number of nitrogens with one attached hydrogen (secondary N) is 1. The molecule has 2 N–H and O–H groups in total. The Kier molecular flexibility index (Phi) is 5.86. The van der Waals surface area contributed by atoms with Crippen LogP contribution in [0.5, 0.6) is 5.75 Å². The first-order valence-corrected chi connectivity index (χ1v) is 10.5. The summed E-state index contributed by atoms with van der Waals surface area (Å²) in [5.74, 6) is 0.897. The van der Waals surface area contributed by atoms with Crippen molar-refractivity contribution in [1.82, 2.24) is 10.3 Å². The molecule has 0 saturated heterocycles. The number of aromatic hydroxyl groups is 1. The highest BCUT2D eigenvalue weighted by atomic mass is 16.3. The van der Waals surface area contributed by atoms with Gasteiger partial charge < -0.3 is 10.4 Å². The van der Waals surface area contributed by atoms with Gasteiger partial charge in [0.05, 0.1) is 18.3 Å². The summed E-state index contributed by atoms with van der Waals surface area (Å²) < 4.78 is 0. The van der Waals surface area contributed by atoms with Crippen molar-refractivity contribution in [3.05, 3.63) is 58.9 Å². The van der Waals surface area contributed by atoms with Gasteiger partial charge >= 0.3 is 0 Å². The van der Waals surface area contributed by atoms with Gasteiger partial charge in [-0.15, -0.1) is 0 Å². The highest BCUT2D eigenvalue weighted by molar-refractivity contribution is 5.98. The standard InChI is InChI=1S/C25H34N2O2/c1-24(2,3)18-13-17(14-19(23(18)29)25(4,5)6)21(28)15-27-22(16-10-11-16)20-9-7-8-12-26-20/h7-9,12-14,16,22,27,29H,10-11,15H2,1-6H3. The number of benzene rings is 1. The maximum atomic E-state index is 13.1. The molecule has 1 unspecified atom stereocenters. The fourth-order valence-electron chi connectivity index (χ4n) is 3.75. The Morgan fingerprint density at radius 2 is 1.69 bits per heavy atom. The van der Waals surface area contributed by atoms with E-state index in [2.05, 4.69) is 51.8 Å². The van der Waals surface area contributed by atoms with Gasteiger partial charge in [0.25, 0.3) is 0 Å². The average Bonchev–Trinajstić information content (AvgIpc) is 3.46. The number of rotatable bonds is 6. The molecule has 1 aliphatic rings. The number of aromatic nitrogens is 1. The summed E-state index contributed by atoms with van der Waals surface area (Å²) in [5, 5.41) is 14.3. The van der Waals surface area contributed by atoms with E-state index in [-0.39, 0.29) is 29.2 Å². The highest BCUT2D eigenvalue weighted by Gasteiger charge is 2.33. The van der Waals surface area contributed by atoms with E-state index in [0.29, 0.717) is 17.2 Å². The number of hydrogen-bond acceptors (Lipinski definition) is 4. The second kappa shape index (κ2) is 7.91. The monoisotopic (exact) mass is 394 g/mol. The summed E-state index contributed by atoms with van der Waals surface area (Å²) in [7, 11) is 0. The van der Waals surface area contributed by atoms with Crippen molar-refractivity contribution in [2.45, 2.75) is 71.3 Å². The average molecular weight is 395 g/mol. The first-order chi connectivity index (χ1) is 13.5. The Balaban J connectivity index is 1.86. The smallest absolute Gasteiger partial charge is 0.176 e. The first-order valence-electron chi connectivity index (χ1n) is 10.5. The van der Waals surface area contributed by atoms with E-state index in [1.165, 1.54) is 12.8 Å². The zero-order valence-electron chi connectivity index (χ0n) is 18.5. The molecule has 0 bridgehead atoms. The Hall–Kier alpha value is -2.20. The van der Waals surface area contributed by atoms with Crippen LogP contribution in [0.1, 0.15) is 87.6 Å². The lowest BCUT2D eigenvalue weighted by molar-refractivity contribution is 0.0985. The molecule has 3 rings (SSSR count). The van der Waals surface area contributed by atoms with Crippen molar-refractivity contribution in [1.29, 1.82) is 0 Å². The number of carbonyl (C=O) groups is 1. The Morgan fingerprint density at radius 1 is 1.10 bits per heavy atom. The molecular weight excluding hydrogens is 360 g/mol. The molecule has 156 valence electrons. The van der Waals surface area contributed by atoms with Crippen molar-refractivity contribution < 1.29 is 9.90 Å². The Morgan fingerprint density at radius 3 is 2.14 bits per heavy atom. The third-order valence-corrected chi connectivity index (χ3v) is 5.63. The molecule has 4 nitrogen and oxygen atoms in total. The van der Waals surface area contributed by atoms with Crippen LogP contribution in [-0.2, 0) is 10.8 Å². The van der Waals surface area contributed by atoms with E-state index in [1.807, 2.05) is 30.3 Å². The van der Waals surface area contributed by atoms with Gasteiger partial charge in [0.2, 0.25) is 0 Å². The SMILES string of the molecule is CC(C)(C)c1cc(C(=O)CNC(c2ccccn2)C2CC2)cc(C(C)(C)C)c1O. The maximum absolute atomic E-state index is 13.1. The number of ketones is 1. The van der Waals surface area contributed by atoms with Gasteiger partial charge in [0.1, 0.15) is 5.75 Å². The number of carbonyl (C=O) groups excluding carboxylic acids is 1. The van der Waals surface area contributed by atoms with Crippen molar-refractivity contribution in [3.63, 3.8) is 0 Å². The molecule has 1 heterocycles. The van der Waals surface area contributed by atoms with Crippen molar-refractivity contribution in [2.75, 3.05) is 6.54 Å². The molecule has 29 heavy (non-hydrogen) atoms. The highest BCUT2D eigenvalue weighted by Crippen LogP contribution is 2.41. The van der Waals surface area contributed by atoms with Gasteiger partial charge in [0, 0.05) is 22.9 Å². The van der Waals surface area contributed by atoms with Crippen LogP contribution in [0.2, 0.25) is 0 Å². The molecule has 2 aromatic rings. The molecule has 1 aromatic heterocycles. The summed E-state index contributed by atoms with van der Waals surface area (Å²) in [6.07, 6.45) is 4.15. The van der Waals surface area contributed by atoms with Gasteiger partial charge in [-0.05, 0) is 53.9 Å². The van der Waals surface area contributed by atoms with Crippen LogP contribution < -0.4 is 5.32 Å². The zero-order chi connectivity index (χ0) is 21.4. The molecule has 0 amide bonds. The summed E-state index contributed by atoms with van der Waals surface area (Å²) in [6.45, 7) is 12.6. The second-order valence-electron chi connectivity index (χ2n) is 10.3. The minimum Gasteiger partial charge on any atom is -0.507 e. The minimum atomic E-state index is -0.252. The molecule has 0 aliphatic heterocycles. The van der Waals surface area contributed by atoms with Crippen molar-refractivity contribution >= 4 is 5.78 Å². The van der Waals surface area contributed by atoms with Crippen LogP contribution in [0.4, 0.5) is 0 Å². The molecule has 1 fully saturated rings. The van der Waals surface area contributed by atoms with Crippen LogP contribution in [0.3, 0.4) is 0 Å². The van der Waals surface area contributed by atoms with Gasteiger partial charge in [-0.1, -0.05) is 47.6 Å². The molecule has 4 heteroatoms. The third-order valence-electron chi connectivity index (χ3n) is 5.63. The predicted octanol–water partition coefficient (Wildman–Crippen LogP) is 5.31. The van der Waals surface area contributed by atoms with Gasteiger partial charge in [-0.3, -0.25) is 9.78 Å². The fraction of sp³-hybridized carbons (Fsp3) is 0.520. The van der Waals surface area contributed by atoms with Gasteiger partial charge in [0.15, 0.2) is 5.78 Å². The number of hydrogen-bond donors (Lipinski definition) is 2. The molecule has 1 saturated carbocycles. The molecular formula is C25H34N2O2. The lowest BCUT2D eigenvalue weighted by atomic mass is 9.78. The predicted molar refractivity (Wildman–Crippen MR) is 118 cm³/mol. The van der Waals surface area contributed by atoms with E-state index in [0.717, 1.165) is 16.8 Å². The summed E-state index contributed by atoms with van der Waals surface area (Å²) in [4.78, 5) is 17.6. The summed E-state index contributed by atoms with van der Waals surface area (Å²) in [6, 6.07) is 9.77. The number of pyridine rings is 1. The molecule has 1 aliphatic carbocycles. The fourth-order valence-corrected chi connectivity index (χ4v) is 3.75. The van der Waals surface area contributed by atoms with Crippen LogP contribution >= 0.6 is 0 Å². The number of phenolic OH excluding ortho intramolecular Hbond substituents is 1. The molecule has 1 aromatic carbocycles. The maximum Gasteiger partial charge on any atom is 0.176 e. The van der Waals surface area contributed by atoms with Crippen LogP contribution in [-0.4, -0.2) is 22.4 Å². The quantitative estimate of drug-likeness (QED) is 0.652. The van der Waals surface area contributed by atoms with Crippen molar-refractivity contribution in [2.24, 2.45) is 5.92 Å². The number of phenols is 1. The minimum absolute atomic E-state index is 0.0441. The molecule has 1 atom stereocenters. The van der Waals surface area contributed by atoms with E-state index >= 15 is 0 Å². The topological polar surface area (TPSA) is 62.2 Å². The third kappa shape index (κ3) is 5.05. The largest absolute Gasteiger partial charge is 0.507 e. The zero-order valence-corrected chi connectivity index (χ0v) is 18.5. The van der Waals surface area contributed by atoms with Crippen LogP contribution in [0, 0.1) is 5.92 Å². The Bertz CT molecular complexity index is 837. The van der Waals surface area contributed by atoms with E-state index in [4.69, 9.17) is 0 Å². The molecule has 0 radical (unpaired) electrons. The summed E-state index contributed by atoms with van der Waals surface area (Å²) in [5.41, 5.74) is 2.78. The lowest BCUT2D eigenvalue weighted by Gasteiger charge is -2.28. The Labute approximate surface area is 174 Å². The van der Waals surface area contributed by atoms with E-state index < -0.39 is 0 Å². The van der Waals surface area contributed by atoms with Gasteiger partial charge in [-0.25, -0.2) is 0 Å². The van der Waals surface area contributed by atoms with Crippen LogP contribution in [0.25, 0.3) is 0 Å². The molecule has 0 spiro atoms. The normalized spacial score (nSPS) is 15.9. The van der Waals surface area contributed by atoms with Crippen molar-refractivity contribution in [3.8, 4) is 5.75 Å². The van der Waals surface area contributed by atoms with Gasteiger partial charge in [-0.2, -0.15) is 0 Å². The second-order valence-corrected chi connectivity index (χ2v) is 10.3. The van der Waals surface area contributed by atoms with E-state index in [1.54, 1.807) is 6.20 Å².